The molecule has 0 aliphatic rings. The van der Waals surface area contributed by atoms with Gasteiger partial charge >= 0.3 is 0 Å². The summed E-state index contributed by atoms with van der Waals surface area (Å²) in [5, 5.41) is 12.4. The van der Waals surface area contributed by atoms with E-state index >= 15 is 0 Å². The molecule has 1 aromatic carbocycles. The minimum absolute atomic E-state index is 0.0599. The maximum Gasteiger partial charge on any atom is 0.239 e. The van der Waals surface area contributed by atoms with Crippen LogP contribution in [0.2, 0.25) is 0 Å². The Morgan fingerprint density at radius 2 is 2.05 bits per heavy atom. The van der Waals surface area contributed by atoms with Gasteiger partial charge in [0, 0.05) is 24.3 Å². The van der Waals surface area contributed by atoms with Crippen LogP contribution in [0.3, 0.4) is 0 Å². The molecular formula is C14H21FN2O2. The fourth-order valence-corrected chi connectivity index (χ4v) is 1.94. The highest BCUT2D eigenvalue weighted by atomic mass is 19.1. The van der Waals surface area contributed by atoms with Gasteiger partial charge in [0.25, 0.3) is 0 Å². The lowest BCUT2D eigenvalue weighted by Crippen LogP contribution is -2.39. The Labute approximate surface area is 113 Å². The van der Waals surface area contributed by atoms with Gasteiger partial charge in [-0.2, -0.15) is 0 Å². The number of rotatable bonds is 5. The highest BCUT2D eigenvalue weighted by Gasteiger charge is 2.17. The highest BCUT2D eigenvalue weighted by molar-refractivity contribution is 5.81. The van der Waals surface area contributed by atoms with Gasteiger partial charge in [0.15, 0.2) is 0 Å². The summed E-state index contributed by atoms with van der Waals surface area (Å²) in [4.78, 5) is 13.3. The first kappa shape index (κ1) is 15.4. The first-order chi connectivity index (χ1) is 8.82. The fraction of sp³-hybridized carbons (Fsp3) is 0.500. The Kier molecular flexibility index (Phi) is 5.30. The van der Waals surface area contributed by atoms with E-state index in [9.17, 15) is 14.3 Å². The van der Waals surface area contributed by atoms with Gasteiger partial charge in [0.05, 0.1) is 12.6 Å². The molecule has 0 bridgehead atoms. The summed E-state index contributed by atoms with van der Waals surface area (Å²) in [6.07, 6.45) is -0.924. The molecule has 1 amide bonds. The number of carbonyl (C=O) groups is 1. The molecule has 0 fully saturated rings. The van der Waals surface area contributed by atoms with Crippen LogP contribution in [0.25, 0.3) is 0 Å². The predicted octanol–water partition coefficient (Wildman–Crippen LogP) is 1.84. The number of likely N-dealkylation sites (N-methyl/N-ethyl adjacent to an activating group) is 1. The van der Waals surface area contributed by atoms with Gasteiger partial charge in [-0.1, -0.05) is 6.07 Å². The maximum absolute atomic E-state index is 13.7. The van der Waals surface area contributed by atoms with Crippen molar-refractivity contribution in [2.24, 2.45) is 0 Å². The van der Waals surface area contributed by atoms with Gasteiger partial charge in [-0.25, -0.2) is 4.39 Å². The summed E-state index contributed by atoms with van der Waals surface area (Å²) in [6.45, 7) is 5.37. The zero-order valence-electron chi connectivity index (χ0n) is 11.8. The number of hydrogen-bond donors (Lipinski definition) is 2. The molecular weight excluding hydrogens is 247 g/mol. The van der Waals surface area contributed by atoms with E-state index in [1.165, 1.54) is 13.0 Å². The van der Waals surface area contributed by atoms with E-state index in [-0.39, 0.29) is 24.1 Å². The molecule has 0 unspecified atom stereocenters. The summed E-state index contributed by atoms with van der Waals surface area (Å²) in [5.74, 6) is -0.609. The Morgan fingerprint density at radius 1 is 1.42 bits per heavy atom. The van der Waals surface area contributed by atoms with Crippen LogP contribution in [-0.2, 0) is 4.79 Å². The van der Waals surface area contributed by atoms with Gasteiger partial charge in [-0.05, 0) is 32.9 Å². The molecule has 0 radical (unpaired) electrons. The van der Waals surface area contributed by atoms with Crippen molar-refractivity contribution in [2.75, 3.05) is 18.5 Å². The van der Waals surface area contributed by atoms with E-state index in [1.807, 2.05) is 13.8 Å². The van der Waals surface area contributed by atoms with E-state index in [4.69, 9.17) is 0 Å². The number of nitrogens with one attached hydrogen (secondary N) is 1. The second kappa shape index (κ2) is 6.52. The van der Waals surface area contributed by atoms with Crippen LogP contribution in [-0.4, -0.2) is 30.6 Å². The van der Waals surface area contributed by atoms with Gasteiger partial charge in [-0.15, -0.1) is 0 Å². The fourth-order valence-electron chi connectivity index (χ4n) is 1.94. The van der Waals surface area contributed by atoms with E-state index in [2.05, 4.69) is 5.32 Å². The number of carbonyl (C=O) groups excluding carboxylic acids is 1. The largest absolute Gasteiger partial charge is 0.389 e. The average Bonchev–Trinajstić information content (AvgIpc) is 2.26. The molecule has 0 spiro atoms. The molecule has 4 nitrogen and oxygen atoms in total. The van der Waals surface area contributed by atoms with Crippen molar-refractivity contribution >= 4 is 11.6 Å². The zero-order valence-corrected chi connectivity index (χ0v) is 11.8. The predicted molar refractivity (Wildman–Crippen MR) is 73.6 cm³/mol. The minimum Gasteiger partial charge on any atom is -0.389 e. The number of halogens is 1. The zero-order chi connectivity index (χ0) is 14.6. The summed E-state index contributed by atoms with van der Waals surface area (Å²) in [7, 11) is 1.70. The molecule has 0 saturated heterocycles. The Morgan fingerprint density at radius 3 is 2.58 bits per heavy atom. The van der Waals surface area contributed by atoms with Gasteiger partial charge in [-0.3, -0.25) is 4.79 Å². The quantitative estimate of drug-likeness (QED) is 0.856. The lowest BCUT2D eigenvalue weighted by Gasteiger charge is -2.24. The maximum atomic E-state index is 13.7. The summed E-state index contributed by atoms with van der Waals surface area (Å²) in [6, 6.07) is 4.61. The molecule has 5 heteroatoms. The summed E-state index contributed by atoms with van der Waals surface area (Å²) in [5.41, 5.74) is 0.733. The molecule has 0 heterocycles. The van der Waals surface area contributed by atoms with Crippen LogP contribution in [0, 0.1) is 5.82 Å². The lowest BCUT2D eigenvalue weighted by molar-refractivity contribution is -0.120. The number of benzene rings is 1. The molecule has 1 aromatic rings. The summed E-state index contributed by atoms with van der Waals surface area (Å²) >= 11 is 0. The third kappa shape index (κ3) is 4.21. The monoisotopic (exact) mass is 268 g/mol. The smallest absolute Gasteiger partial charge is 0.239 e. The number of anilines is 1. The topological polar surface area (TPSA) is 52.6 Å². The van der Waals surface area contributed by atoms with E-state index in [0.29, 0.717) is 5.69 Å². The number of aliphatic hydroxyl groups excluding tert-OH is 1. The lowest BCUT2D eigenvalue weighted by atomic mass is 10.1. The van der Waals surface area contributed by atoms with Crippen molar-refractivity contribution in [2.45, 2.75) is 32.9 Å². The third-order valence-electron chi connectivity index (χ3n) is 2.69. The Bertz CT molecular complexity index is 447. The first-order valence-corrected chi connectivity index (χ1v) is 6.30. The van der Waals surface area contributed by atoms with E-state index in [1.54, 1.807) is 24.1 Å². The second-order valence-corrected chi connectivity index (χ2v) is 4.93. The standard InChI is InChI=1S/C14H21FN2O2/c1-9(2)16-13(19)8-17(4)12-7-5-6-11(15)14(12)10(3)18/h5-7,9-10,18H,8H2,1-4H3,(H,16,19)/t10-/m1/s1. The Hall–Kier alpha value is -1.62. The Balaban J connectivity index is 2.91. The molecule has 1 atom stereocenters. The van der Waals surface area contributed by atoms with Crippen LogP contribution < -0.4 is 10.2 Å². The number of amides is 1. The van der Waals surface area contributed by atoms with Crippen molar-refractivity contribution in [1.82, 2.24) is 5.32 Å². The highest BCUT2D eigenvalue weighted by Crippen LogP contribution is 2.27. The van der Waals surface area contributed by atoms with Crippen molar-refractivity contribution in [1.29, 1.82) is 0 Å². The van der Waals surface area contributed by atoms with Crippen molar-refractivity contribution in [3.8, 4) is 0 Å². The first-order valence-electron chi connectivity index (χ1n) is 6.30. The molecule has 19 heavy (non-hydrogen) atoms. The van der Waals surface area contributed by atoms with Crippen molar-refractivity contribution in [3.63, 3.8) is 0 Å². The average molecular weight is 268 g/mol. The molecule has 2 N–H and O–H groups in total. The molecule has 0 aliphatic heterocycles. The third-order valence-corrected chi connectivity index (χ3v) is 2.69. The molecule has 0 aliphatic carbocycles. The number of aliphatic hydroxyl groups is 1. The van der Waals surface area contributed by atoms with Crippen LogP contribution in [0.15, 0.2) is 18.2 Å². The number of nitrogens with zero attached hydrogens (tertiary/aromatic N) is 1. The van der Waals surface area contributed by atoms with Crippen LogP contribution in [0.4, 0.5) is 10.1 Å². The second-order valence-electron chi connectivity index (χ2n) is 4.93. The van der Waals surface area contributed by atoms with Crippen LogP contribution in [0.5, 0.6) is 0 Å². The van der Waals surface area contributed by atoms with Gasteiger partial charge in [0.1, 0.15) is 5.82 Å². The molecule has 1 rings (SSSR count). The van der Waals surface area contributed by atoms with E-state index in [0.717, 1.165) is 0 Å². The molecule has 0 aromatic heterocycles. The van der Waals surface area contributed by atoms with Gasteiger partial charge in [0.2, 0.25) is 5.91 Å². The van der Waals surface area contributed by atoms with E-state index < -0.39 is 11.9 Å². The van der Waals surface area contributed by atoms with Crippen LogP contribution >= 0.6 is 0 Å². The summed E-state index contributed by atoms with van der Waals surface area (Å²) < 4.78 is 13.7. The van der Waals surface area contributed by atoms with Crippen molar-refractivity contribution < 1.29 is 14.3 Å². The van der Waals surface area contributed by atoms with Crippen molar-refractivity contribution in [3.05, 3.63) is 29.6 Å². The molecule has 106 valence electrons. The minimum atomic E-state index is -0.924. The molecule has 0 saturated carbocycles. The van der Waals surface area contributed by atoms with Gasteiger partial charge < -0.3 is 15.3 Å². The SMILES string of the molecule is CC(C)NC(=O)CN(C)c1cccc(F)c1[C@@H](C)O. The van der Waals surface area contributed by atoms with Crippen LogP contribution in [0.1, 0.15) is 32.4 Å². The normalized spacial score (nSPS) is 12.4. The number of hydrogen-bond acceptors (Lipinski definition) is 3.